The minimum atomic E-state index is 0.171. The lowest BCUT2D eigenvalue weighted by molar-refractivity contribution is -0.00341. The fraction of sp³-hybridized carbons (Fsp3) is 0.429. The molecule has 2 bridgehead atoms. The highest BCUT2D eigenvalue weighted by Crippen LogP contribution is 2.46. The molecular formula is C21H23N3O. The number of hydrogen-bond acceptors (Lipinski definition) is 3. The third kappa shape index (κ3) is 2.39. The first-order chi connectivity index (χ1) is 12.3. The number of fused-ring (bicyclic) bond motifs is 2. The lowest BCUT2D eigenvalue weighted by Gasteiger charge is -2.51. The summed E-state index contributed by atoms with van der Waals surface area (Å²) in [6.07, 6.45) is 5.88. The van der Waals surface area contributed by atoms with Crippen molar-refractivity contribution in [1.29, 1.82) is 0 Å². The molecule has 0 saturated carbocycles. The minimum Gasteiger partial charge on any atom is -0.333 e. The van der Waals surface area contributed by atoms with Gasteiger partial charge in [-0.3, -0.25) is 14.7 Å². The van der Waals surface area contributed by atoms with Gasteiger partial charge in [-0.25, -0.2) is 0 Å². The Kier molecular flexibility index (Phi) is 3.59. The van der Waals surface area contributed by atoms with Gasteiger partial charge in [0.1, 0.15) is 0 Å². The van der Waals surface area contributed by atoms with Gasteiger partial charge in [0, 0.05) is 36.5 Å². The topological polar surface area (TPSA) is 36.4 Å². The summed E-state index contributed by atoms with van der Waals surface area (Å²) in [5, 5.41) is 0. The van der Waals surface area contributed by atoms with Gasteiger partial charge in [0.05, 0.1) is 6.04 Å². The summed E-state index contributed by atoms with van der Waals surface area (Å²) in [5.74, 6) is 1.24. The van der Waals surface area contributed by atoms with Crippen LogP contribution in [0, 0.1) is 5.92 Å². The molecule has 0 unspecified atom stereocenters. The maximum Gasteiger partial charge on any atom is 0.254 e. The highest BCUT2D eigenvalue weighted by atomic mass is 16.2. The predicted molar refractivity (Wildman–Crippen MR) is 96.3 cm³/mol. The molecule has 4 fully saturated rings. The molecule has 6 rings (SSSR count). The van der Waals surface area contributed by atoms with Gasteiger partial charge in [-0.1, -0.05) is 30.3 Å². The van der Waals surface area contributed by atoms with Crippen molar-refractivity contribution < 1.29 is 4.79 Å². The van der Waals surface area contributed by atoms with Crippen molar-refractivity contribution in [2.24, 2.45) is 5.92 Å². The van der Waals surface area contributed by atoms with Crippen LogP contribution >= 0.6 is 0 Å². The third-order valence-electron chi connectivity index (χ3n) is 6.41. The van der Waals surface area contributed by atoms with Crippen LogP contribution in [0.5, 0.6) is 0 Å². The van der Waals surface area contributed by atoms with Crippen molar-refractivity contribution in [3.8, 4) is 0 Å². The van der Waals surface area contributed by atoms with E-state index in [1.165, 1.54) is 31.5 Å². The van der Waals surface area contributed by atoms with Crippen LogP contribution in [0.3, 0.4) is 0 Å². The molecule has 4 aliphatic rings. The van der Waals surface area contributed by atoms with E-state index in [1.807, 2.05) is 12.1 Å². The van der Waals surface area contributed by atoms with Crippen LogP contribution in [0.25, 0.3) is 0 Å². The molecule has 0 N–H and O–H groups in total. The number of carbonyl (C=O) groups is 1. The number of amides is 1. The van der Waals surface area contributed by atoms with Gasteiger partial charge < -0.3 is 4.90 Å². The molecular weight excluding hydrogens is 310 g/mol. The average molecular weight is 333 g/mol. The van der Waals surface area contributed by atoms with Gasteiger partial charge in [0.15, 0.2) is 0 Å². The molecule has 2 aromatic rings. The minimum absolute atomic E-state index is 0.171. The van der Waals surface area contributed by atoms with Crippen LogP contribution in [0.15, 0.2) is 54.9 Å². The molecule has 1 aromatic carbocycles. The lowest BCUT2D eigenvalue weighted by Crippen LogP contribution is -2.60. The predicted octanol–water partition coefficient (Wildman–Crippen LogP) is 2.78. The number of nitrogens with zero attached hydrogens (tertiary/aromatic N) is 3. The van der Waals surface area contributed by atoms with Crippen molar-refractivity contribution in [2.75, 3.05) is 19.6 Å². The number of likely N-dealkylation sites (tertiary alicyclic amines) is 1. The number of aromatic nitrogens is 1. The second-order valence-electron chi connectivity index (χ2n) is 7.57. The standard InChI is InChI=1S/C21H23N3O/c25-21(17-6-10-22-11-7-17)24-14-18(15-4-2-1-3-5-15)20-19(24)16-8-12-23(20)13-9-16/h1-7,10-11,16,18-20H,8-9,12-14H2/t18-,19-,20-/m1/s1. The third-order valence-corrected chi connectivity index (χ3v) is 6.41. The fourth-order valence-corrected chi connectivity index (χ4v) is 5.31. The highest BCUT2D eigenvalue weighted by molar-refractivity contribution is 5.94. The number of hydrogen-bond donors (Lipinski definition) is 0. The fourth-order valence-electron chi connectivity index (χ4n) is 5.31. The second kappa shape index (κ2) is 5.95. The first-order valence-corrected chi connectivity index (χ1v) is 9.33. The van der Waals surface area contributed by atoms with E-state index in [0.717, 1.165) is 12.1 Å². The van der Waals surface area contributed by atoms with Crippen LogP contribution in [0.1, 0.15) is 34.7 Å². The van der Waals surface area contributed by atoms with Crippen molar-refractivity contribution in [3.63, 3.8) is 0 Å². The first kappa shape index (κ1) is 15.1. The molecule has 3 atom stereocenters. The van der Waals surface area contributed by atoms with E-state index in [1.54, 1.807) is 12.4 Å². The summed E-state index contributed by atoms with van der Waals surface area (Å²) in [7, 11) is 0. The smallest absolute Gasteiger partial charge is 0.254 e. The molecule has 4 saturated heterocycles. The van der Waals surface area contributed by atoms with Crippen LogP contribution in [-0.2, 0) is 0 Å². The zero-order valence-electron chi connectivity index (χ0n) is 14.3. The van der Waals surface area contributed by atoms with Crippen molar-refractivity contribution in [1.82, 2.24) is 14.8 Å². The van der Waals surface area contributed by atoms with Gasteiger partial charge in [-0.15, -0.1) is 0 Å². The molecule has 4 aliphatic heterocycles. The molecule has 0 radical (unpaired) electrons. The Labute approximate surface area is 148 Å². The van der Waals surface area contributed by atoms with Crippen LogP contribution in [-0.4, -0.2) is 52.4 Å². The molecule has 1 aromatic heterocycles. The summed E-state index contributed by atoms with van der Waals surface area (Å²) in [5.41, 5.74) is 2.13. The van der Waals surface area contributed by atoms with Crippen molar-refractivity contribution in [2.45, 2.75) is 30.8 Å². The number of rotatable bonds is 2. The second-order valence-corrected chi connectivity index (χ2v) is 7.57. The summed E-state index contributed by atoms with van der Waals surface area (Å²) in [6.45, 7) is 3.20. The van der Waals surface area contributed by atoms with E-state index in [0.29, 0.717) is 23.9 Å². The van der Waals surface area contributed by atoms with Gasteiger partial charge in [0.2, 0.25) is 0 Å². The largest absolute Gasteiger partial charge is 0.333 e. The molecule has 4 nitrogen and oxygen atoms in total. The Morgan fingerprint density at radius 1 is 0.960 bits per heavy atom. The van der Waals surface area contributed by atoms with Gasteiger partial charge >= 0.3 is 0 Å². The Hall–Kier alpha value is -2.20. The lowest BCUT2D eigenvalue weighted by atomic mass is 9.75. The van der Waals surface area contributed by atoms with Gasteiger partial charge in [0.25, 0.3) is 5.91 Å². The van der Waals surface area contributed by atoms with E-state index in [2.05, 4.69) is 45.1 Å². The summed E-state index contributed by atoms with van der Waals surface area (Å²) >= 11 is 0. The number of carbonyl (C=O) groups excluding carboxylic acids is 1. The van der Waals surface area contributed by atoms with Crippen molar-refractivity contribution >= 4 is 5.91 Å². The van der Waals surface area contributed by atoms with Gasteiger partial charge in [-0.05, 0) is 49.5 Å². The summed E-state index contributed by atoms with van der Waals surface area (Å²) in [4.78, 5) is 22.1. The average Bonchev–Trinajstić information content (AvgIpc) is 3.12. The van der Waals surface area contributed by atoms with Gasteiger partial charge in [-0.2, -0.15) is 0 Å². The zero-order valence-corrected chi connectivity index (χ0v) is 14.3. The number of pyridine rings is 1. The molecule has 0 spiro atoms. The molecule has 1 amide bonds. The molecule has 25 heavy (non-hydrogen) atoms. The Bertz CT molecular complexity index is 755. The summed E-state index contributed by atoms with van der Waals surface area (Å²) in [6, 6.07) is 15.3. The molecule has 128 valence electrons. The maximum absolute atomic E-state index is 13.2. The molecule has 4 heteroatoms. The first-order valence-electron chi connectivity index (χ1n) is 9.33. The monoisotopic (exact) mass is 333 g/mol. The number of piperidine rings is 3. The van der Waals surface area contributed by atoms with E-state index in [4.69, 9.17) is 0 Å². The Morgan fingerprint density at radius 2 is 1.68 bits per heavy atom. The van der Waals surface area contributed by atoms with E-state index >= 15 is 0 Å². The Balaban J connectivity index is 1.53. The quantitative estimate of drug-likeness (QED) is 0.848. The summed E-state index contributed by atoms with van der Waals surface area (Å²) < 4.78 is 0. The number of benzene rings is 1. The normalized spacial score (nSPS) is 33.3. The SMILES string of the molecule is O=C(c1ccncc1)N1C[C@H](c2ccccc2)[C@@H]2[C@H]1C1CCN2CC1. The zero-order chi connectivity index (χ0) is 16.8. The van der Waals surface area contributed by atoms with Crippen LogP contribution in [0.4, 0.5) is 0 Å². The van der Waals surface area contributed by atoms with Crippen molar-refractivity contribution in [3.05, 3.63) is 66.0 Å². The molecule has 5 heterocycles. The maximum atomic E-state index is 13.2. The van der Waals surface area contributed by atoms with E-state index < -0.39 is 0 Å². The molecule has 0 aliphatic carbocycles. The van der Waals surface area contributed by atoms with Crippen LogP contribution in [0.2, 0.25) is 0 Å². The Morgan fingerprint density at radius 3 is 2.40 bits per heavy atom. The van der Waals surface area contributed by atoms with E-state index in [9.17, 15) is 4.79 Å². The highest BCUT2D eigenvalue weighted by Gasteiger charge is 2.54. The van der Waals surface area contributed by atoms with Crippen LogP contribution < -0.4 is 0 Å². The van der Waals surface area contributed by atoms with E-state index in [-0.39, 0.29) is 5.91 Å².